The van der Waals surface area contributed by atoms with Gasteiger partial charge in [-0.05, 0) is 71.5 Å². The summed E-state index contributed by atoms with van der Waals surface area (Å²) in [5, 5.41) is 21.0. The van der Waals surface area contributed by atoms with Crippen LogP contribution in [0, 0.1) is 27.3 Å². The van der Waals surface area contributed by atoms with Crippen LogP contribution in [0.1, 0.15) is 52.7 Å². The maximum absolute atomic E-state index is 13.5. The van der Waals surface area contributed by atoms with Crippen LogP contribution < -0.4 is 10.8 Å². The molecule has 0 aliphatic heterocycles. The molecule has 1 aromatic carbocycles. The Kier molecular flexibility index (Phi) is 11.1. The van der Waals surface area contributed by atoms with Crippen LogP contribution in [0.15, 0.2) is 24.3 Å². The zero-order valence-electron chi connectivity index (χ0n) is 25.0. The first-order valence-corrected chi connectivity index (χ1v) is 13.5. The second-order valence-corrected chi connectivity index (χ2v) is 11.9. The molecule has 2 amide bonds. The number of hydrogen-bond donors (Lipinski definition) is 2. The lowest BCUT2D eigenvalue weighted by molar-refractivity contribution is 0.0128. The molecule has 41 heavy (non-hydrogen) atoms. The molecule has 0 aliphatic rings. The van der Waals surface area contributed by atoms with Crippen molar-refractivity contribution >= 4 is 30.2 Å². The molecule has 0 fully saturated rings. The zero-order chi connectivity index (χ0) is 31.1. The van der Waals surface area contributed by atoms with Crippen molar-refractivity contribution in [2.45, 2.75) is 59.3 Å². The van der Waals surface area contributed by atoms with Crippen LogP contribution in [0.2, 0.25) is 0 Å². The second kappa shape index (κ2) is 13.6. The van der Waals surface area contributed by atoms with Crippen LogP contribution in [-0.2, 0) is 30.1 Å². The molecule has 0 radical (unpaired) electrons. The number of amides is 2. The molecule has 0 saturated heterocycles. The topological polar surface area (TPSA) is 129 Å². The van der Waals surface area contributed by atoms with Gasteiger partial charge in [0.15, 0.2) is 4.77 Å². The normalized spacial score (nSPS) is 11.4. The predicted molar refractivity (Wildman–Crippen MR) is 155 cm³/mol. The minimum absolute atomic E-state index is 0.0316. The highest BCUT2D eigenvalue weighted by Gasteiger charge is 2.26. The van der Waals surface area contributed by atoms with E-state index in [1.54, 1.807) is 72.3 Å². The number of nitriles is 1. The molecule has 0 aliphatic carbocycles. The van der Waals surface area contributed by atoms with Crippen molar-refractivity contribution in [3.05, 3.63) is 51.5 Å². The summed E-state index contributed by atoms with van der Waals surface area (Å²) < 4.78 is 28.0. The largest absolute Gasteiger partial charge is 0.444 e. The smallest absolute Gasteiger partial charge is 0.410 e. The summed E-state index contributed by atoms with van der Waals surface area (Å²) >= 11 is 5.38. The molecule has 0 saturated carbocycles. The maximum atomic E-state index is 13.5. The third-order valence-corrected chi connectivity index (χ3v) is 6.28. The minimum Gasteiger partial charge on any atom is -0.444 e. The Morgan fingerprint density at radius 2 is 1.49 bits per heavy atom. The number of aromatic nitrogens is 2. The molecule has 0 spiro atoms. The van der Waals surface area contributed by atoms with E-state index in [2.05, 4.69) is 5.32 Å². The predicted octanol–water partition coefficient (Wildman–Crippen LogP) is 4.67. The second-order valence-electron chi connectivity index (χ2n) is 11.5. The van der Waals surface area contributed by atoms with Crippen LogP contribution in [0.5, 0.6) is 0 Å². The number of nitrogens with zero attached hydrogens (tertiary/aromatic N) is 5. The minimum atomic E-state index is -0.756. The van der Waals surface area contributed by atoms with E-state index in [0.717, 1.165) is 0 Å². The Bertz CT molecular complexity index is 1400. The van der Waals surface area contributed by atoms with Crippen LogP contribution in [0.4, 0.5) is 19.8 Å². The van der Waals surface area contributed by atoms with Gasteiger partial charge in [0, 0.05) is 46.8 Å². The number of benzene rings is 1. The first kappa shape index (κ1) is 33.3. The van der Waals surface area contributed by atoms with Crippen molar-refractivity contribution < 1.29 is 23.5 Å². The van der Waals surface area contributed by atoms with Crippen molar-refractivity contribution in [3.8, 4) is 6.07 Å². The van der Waals surface area contributed by atoms with Crippen molar-refractivity contribution in [2.24, 2.45) is 14.1 Å². The van der Waals surface area contributed by atoms with Crippen LogP contribution >= 0.6 is 12.2 Å². The van der Waals surface area contributed by atoms with E-state index in [0.29, 0.717) is 16.2 Å². The third-order valence-electron chi connectivity index (χ3n) is 5.73. The number of anilines is 1. The summed E-state index contributed by atoms with van der Waals surface area (Å²) in [7, 11) is 3.30. The molecule has 2 aromatic rings. The van der Waals surface area contributed by atoms with Crippen molar-refractivity contribution in [2.75, 3.05) is 31.5 Å². The van der Waals surface area contributed by atoms with Gasteiger partial charge in [0.05, 0.1) is 0 Å². The molecule has 2 N–H and O–H groups in total. The number of carbonyl (C=O) groups is 2. The lowest BCUT2D eigenvalue weighted by Gasteiger charge is -2.31. The lowest BCUT2D eigenvalue weighted by Crippen LogP contribution is -2.45. The van der Waals surface area contributed by atoms with Gasteiger partial charge in [-0.2, -0.15) is 5.26 Å². The average Bonchev–Trinajstić information content (AvgIpc) is 2.85. The Labute approximate surface area is 245 Å². The van der Waals surface area contributed by atoms with E-state index in [1.807, 2.05) is 6.07 Å². The van der Waals surface area contributed by atoms with Gasteiger partial charge in [-0.25, -0.2) is 14.0 Å². The van der Waals surface area contributed by atoms with E-state index < -0.39 is 23.4 Å². The van der Waals surface area contributed by atoms with Gasteiger partial charge in [0.2, 0.25) is 0 Å². The first-order valence-electron chi connectivity index (χ1n) is 13.1. The van der Waals surface area contributed by atoms with Crippen LogP contribution in [0.25, 0.3) is 0 Å². The van der Waals surface area contributed by atoms with Crippen molar-refractivity contribution in [1.82, 2.24) is 18.9 Å². The molecule has 13 heteroatoms. The summed E-state index contributed by atoms with van der Waals surface area (Å²) in [5.41, 5.74) is -0.720. The van der Waals surface area contributed by atoms with Gasteiger partial charge in [0.25, 0.3) is 0 Å². The fourth-order valence-corrected chi connectivity index (χ4v) is 3.90. The Hall–Kier alpha value is -3.92. The highest BCUT2D eigenvalue weighted by molar-refractivity contribution is 7.71. The molecule has 0 unspecified atom stereocenters. The molecule has 11 nitrogen and oxygen atoms in total. The van der Waals surface area contributed by atoms with Crippen LogP contribution in [-0.4, -0.2) is 68.5 Å². The van der Waals surface area contributed by atoms with Gasteiger partial charge in [0.1, 0.15) is 40.0 Å². The molecule has 2 rings (SSSR count). The van der Waals surface area contributed by atoms with E-state index in [4.69, 9.17) is 27.1 Å². The van der Waals surface area contributed by atoms with E-state index in [9.17, 15) is 19.2 Å². The molecular formula is C28H40FN7O4S. The monoisotopic (exact) mass is 589 g/mol. The van der Waals surface area contributed by atoms with E-state index in [-0.39, 0.29) is 49.6 Å². The summed E-state index contributed by atoms with van der Waals surface area (Å²) in [5.74, 6) is -0.0292. The number of rotatable bonds is 9. The zero-order valence-corrected chi connectivity index (χ0v) is 25.8. The fourth-order valence-electron chi connectivity index (χ4n) is 3.72. The number of ether oxygens (including phenoxy) is 2. The highest BCUT2D eigenvalue weighted by atomic mass is 32.1. The Balaban J connectivity index is 2.28. The molecular weight excluding hydrogens is 549 g/mol. The number of halogens is 1. The Morgan fingerprint density at radius 1 is 0.976 bits per heavy atom. The quantitative estimate of drug-likeness (QED) is 0.407. The average molecular weight is 590 g/mol. The molecule has 0 atom stereocenters. The SMILES string of the molecule is Cn1c(NCCN(CCN(Cc2ccc(F)cc2)C(=O)OC(C)(C)C)C(=O)OC(C)(C)C)c(C#N)c(=N)n(C)c1=S. The standard InChI is InChI=1S/C28H40FN7O4S/c1-27(2,3)39-25(37)35(14-13-32-23-21(17-30)22(31)33(7)24(41)34(23)8)15-16-36(26(38)40-28(4,5)6)18-19-9-11-20(29)12-10-19/h9-12,31-32H,13-16,18H2,1-8H3. The lowest BCUT2D eigenvalue weighted by atomic mass is 10.2. The van der Waals surface area contributed by atoms with E-state index in [1.165, 1.54) is 26.5 Å². The summed E-state index contributed by atoms with van der Waals surface area (Å²) in [6.07, 6.45) is -1.16. The summed E-state index contributed by atoms with van der Waals surface area (Å²) in [6.45, 7) is 11.3. The van der Waals surface area contributed by atoms with Crippen LogP contribution in [0.3, 0.4) is 0 Å². The Morgan fingerprint density at radius 3 is 2.00 bits per heavy atom. The summed E-state index contributed by atoms with van der Waals surface area (Å²) in [6, 6.07) is 7.84. The molecule has 1 heterocycles. The fraction of sp³-hybridized carbons (Fsp3) is 0.536. The van der Waals surface area contributed by atoms with Gasteiger partial charge in [-0.3, -0.25) is 5.41 Å². The first-order chi connectivity index (χ1) is 18.9. The van der Waals surface area contributed by atoms with Gasteiger partial charge >= 0.3 is 12.2 Å². The van der Waals surface area contributed by atoms with Gasteiger partial charge < -0.3 is 33.7 Å². The van der Waals surface area contributed by atoms with E-state index >= 15 is 0 Å². The maximum Gasteiger partial charge on any atom is 0.410 e. The highest BCUT2D eigenvalue weighted by Crippen LogP contribution is 2.16. The van der Waals surface area contributed by atoms with Crippen molar-refractivity contribution in [3.63, 3.8) is 0 Å². The molecule has 224 valence electrons. The van der Waals surface area contributed by atoms with Gasteiger partial charge in [-0.15, -0.1) is 0 Å². The summed E-state index contributed by atoms with van der Waals surface area (Å²) in [4.78, 5) is 29.1. The number of carbonyl (C=O) groups excluding carboxylic acids is 2. The van der Waals surface area contributed by atoms with Crippen molar-refractivity contribution in [1.29, 1.82) is 10.7 Å². The molecule has 0 bridgehead atoms. The van der Waals surface area contributed by atoms with Gasteiger partial charge in [-0.1, -0.05) is 12.1 Å². The molecule has 1 aromatic heterocycles. The third kappa shape index (κ3) is 9.89. The number of nitrogens with one attached hydrogen (secondary N) is 2. The number of hydrogen-bond acceptors (Lipinski definition) is 8.